The average molecular weight is 242 g/mol. The lowest BCUT2D eigenvalue weighted by Crippen LogP contribution is -2.22. The highest BCUT2D eigenvalue weighted by Gasteiger charge is 2.26. The number of aromatic nitrogens is 3. The Morgan fingerprint density at radius 1 is 1.44 bits per heavy atom. The second-order valence-corrected chi connectivity index (χ2v) is 4.98. The molecule has 0 bridgehead atoms. The molecule has 0 fully saturated rings. The Labute approximate surface area is 107 Å². The van der Waals surface area contributed by atoms with Crippen LogP contribution < -0.4 is 5.73 Å². The average Bonchev–Trinajstić information content (AvgIpc) is 2.84. The summed E-state index contributed by atoms with van der Waals surface area (Å²) in [5, 5.41) is 8.31. The first-order chi connectivity index (χ1) is 8.78. The molecule has 1 heterocycles. The summed E-state index contributed by atoms with van der Waals surface area (Å²) in [6.45, 7) is 2.96. The van der Waals surface area contributed by atoms with E-state index in [0.29, 0.717) is 5.92 Å². The van der Waals surface area contributed by atoms with Gasteiger partial charge in [-0.1, -0.05) is 36.4 Å². The van der Waals surface area contributed by atoms with Crippen molar-refractivity contribution in [1.29, 1.82) is 0 Å². The molecule has 0 aliphatic heterocycles. The molecular formula is C14H18N4. The van der Waals surface area contributed by atoms with E-state index < -0.39 is 0 Å². The van der Waals surface area contributed by atoms with Crippen LogP contribution in [-0.4, -0.2) is 15.0 Å². The van der Waals surface area contributed by atoms with E-state index in [9.17, 15) is 0 Å². The maximum absolute atomic E-state index is 5.95. The summed E-state index contributed by atoms with van der Waals surface area (Å²) in [6.07, 6.45) is 4.02. The molecule has 2 unspecified atom stereocenters. The Balaban J connectivity index is 1.70. The van der Waals surface area contributed by atoms with E-state index in [1.165, 1.54) is 11.1 Å². The van der Waals surface area contributed by atoms with Gasteiger partial charge in [0.05, 0.1) is 17.9 Å². The van der Waals surface area contributed by atoms with Crippen molar-refractivity contribution in [3.05, 3.63) is 47.3 Å². The molecule has 1 aliphatic rings. The molecule has 4 nitrogen and oxygen atoms in total. The van der Waals surface area contributed by atoms with Crippen LogP contribution in [0.5, 0.6) is 0 Å². The maximum Gasteiger partial charge on any atom is 0.0993 e. The van der Waals surface area contributed by atoms with Crippen molar-refractivity contribution in [2.24, 2.45) is 5.73 Å². The summed E-state index contributed by atoms with van der Waals surface area (Å²) in [5.41, 5.74) is 9.76. The first-order valence-electron chi connectivity index (χ1n) is 6.51. The highest BCUT2D eigenvalue weighted by atomic mass is 15.4. The minimum absolute atomic E-state index is 0.00688. The third kappa shape index (κ3) is 1.93. The number of fused-ring (bicyclic) bond motifs is 1. The molecule has 1 aromatic carbocycles. The first-order valence-corrected chi connectivity index (χ1v) is 6.51. The summed E-state index contributed by atoms with van der Waals surface area (Å²) in [5.74, 6) is 0.577. The highest BCUT2D eigenvalue weighted by molar-refractivity contribution is 5.39. The van der Waals surface area contributed by atoms with Crippen LogP contribution in [0, 0.1) is 0 Å². The molecule has 2 N–H and O–H groups in total. The van der Waals surface area contributed by atoms with Crippen LogP contribution in [0.15, 0.2) is 30.5 Å². The molecule has 0 spiro atoms. The predicted molar refractivity (Wildman–Crippen MR) is 70.1 cm³/mol. The lowest BCUT2D eigenvalue weighted by atomic mass is 9.78. The van der Waals surface area contributed by atoms with Crippen molar-refractivity contribution in [2.75, 3.05) is 0 Å². The van der Waals surface area contributed by atoms with Gasteiger partial charge in [-0.25, -0.2) is 0 Å². The zero-order valence-electron chi connectivity index (χ0n) is 10.6. The fourth-order valence-electron chi connectivity index (χ4n) is 2.53. The van der Waals surface area contributed by atoms with Crippen molar-refractivity contribution in [3.8, 4) is 0 Å². The normalized spacial score (nSPS) is 19.1. The molecule has 0 radical (unpaired) electrons. The Hall–Kier alpha value is -1.68. The lowest BCUT2D eigenvalue weighted by molar-refractivity contribution is 0.465. The number of benzene rings is 1. The van der Waals surface area contributed by atoms with Gasteiger partial charge >= 0.3 is 0 Å². The number of hydrogen-bond acceptors (Lipinski definition) is 3. The summed E-state index contributed by atoms with van der Waals surface area (Å²) >= 11 is 0. The molecule has 0 saturated carbocycles. The van der Waals surface area contributed by atoms with E-state index in [4.69, 9.17) is 5.73 Å². The van der Waals surface area contributed by atoms with Crippen LogP contribution in [0.3, 0.4) is 0 Å². The van der Waals surface area contributed by atoms with Crippen molar-refractivity contribution >= 4 is 0 Å². The zero-order valence-corrected chi connectivity index (χ0v) is 10.6. The fourth-order valence-corrected chi connectivity index (χ4v) is 2.53. The van der Waals surface area contributed by atoms with Gasteiger partial charge in [0.25, 0.3) is 0 Å². The van der Waals surface area contributed by atoms with Crippen LogP contribution in [0.1, 0.15) is 42.1 Å². The van der Waals surface area contributed by atoms with Crippen LogP contribution >= 0.6 is 0 Å². The van der Waals surface area contributed by atoms with Crippen LogP contribution in [0.4, 0.5) is 0 Å². The molecular weight excluding hydrogens is 224 g/mol. The minimum Gasteiger partial charge on any atom is -0.323 e. The summed E-state index contributed by atoms with van der Waals surface area (Å²) in [6, 6.07) is 8.62. The van der Waals surface area contributed by atoms with E-state index in [1.807, 2.05) is 10.9 Å². The van der Waals surface area contributed by atoms with E-state index in [0.717, 1.165) is 25.1 Å². The maximum atomic E-state index is 5.95. The zero-order chi connectivity index (χ0) is 12.5. The first kappa shape index (κ1) is 11.4. The van der Waals surface area contributed by atoms with Gasteiger partial charge in [0.2, 0.25) is 0 Å². The van der Waals surface area contributed by atoms with E-state index in [1.54, 1.807) is 0 Å². The summed E-state index contributed by atoms with van der Waals surface area (Å²) < 4.78 is 1.92. The number of hydrogen-bond donors (Lipinski definition) is 1. The topological polar surface area (TPSA) is 56.7 Å². The van der Waals surface area contributed by atoms with Crippen LogP contribution in [0.2, 0.25) is 0 Å². The van der Waals surface area contributed by atoms with E-state index >= 15 is 0 Å². The van der Waals surface area contributed by atoms with Gasteiger partial charge < -0.3 is 5.73 Å². The van der Waals surface area contributed by atoms with Crippen molar-refractivity contribution in [2.45, 2.75) is 38.3 Å². The molecule has 1 aliphatic carbocycles. The third-order valence-electron chi connectivity index (χ3n) is 3.74. The Kier molecular flexibility index (Phi) is 2.88. The van der Waals surface area contributed by atoms with E-state index in [-0.39, 0.29) is 6.04 Å². The Bertz CT molecular complexity index is 546. The second-order valence-electron chi connectivity index (χ2n) is 4.98. The standard InChI is InChI=1S/C14H18N4/c1-2-13(15)14-9-18(17-16-14)8-11-7-10-5-3-4-6-12(10)11/h3-6,9,11,13H,2,7-8,15H2,1H3. The SMILES string of the molecule is CCC(N)c1cn(CC2Cc3ccccc32)nn1. The lowest BCUT2D eigenvalue weighted by Gasteiger charge is -2.29. The molecule has 2 aromatic rings. The molecule has 0 saturated heterocycles. The van der Waals surface area contributed by atoms with Gasteiger partial charge in [0.15, 0.2) is 0 Å². The van der Waals surface area contributed by atoms with Crippen LogP contribution in [0.25, 0.3) is 0 Å². The fraction of sp³-hybridized carbons (Fsp3) is 0.429. The summed E-state index contributed by atoms with van der Waals surface area (Å²) in [4.78, 5) is 0. The molecule has 94 valence electrons. The van der Waals surface area contributed by atoms with Gasteiger partial charge in [0.1, 0.15) is 0 Å². The third-order valence-corrected chi connectivity index (χ3v) is 3.74. The van der Waals surface area contributed by atoms with Crippen molar-refractivity contribution in [1.82, 2.24) is 15.0 Å². The quantitative estimate of drug-likeness (QED) is 0.892. The smallest absolute Gasteiger partial charge is 0.0993 e. The molecule has 1 aromatic heterocycles. The number of nitrogens with two attached hydrogens (primary N) is 1. The molecule has 0 amide bonds. The second kappa shape index (κ2) is 4.53. The Morgan fingerprint density at radius 3 is 3.06 bits per heavy atom. The van der Waals surface area contributed by atoms with Gasteiger partial charge in [-0.3, -0.25) is 4.68 Å². The molecule has 18 heavy (non-hydrogen) atoms. The largest absolute Gasteiger partial charge is 0.323 e. The molecule has 2 atom stereocenters. The van der Waals surface area contributed by atoms with Gasteiger partial charge in [0, 0.05) is 12.5 Å². The number of nitrogens with zero attached hydrogens (tertiary/aromatic N) is 3. The minimum atomic E-state index is 0.00688. The van der Waals surface area contributed by atoms with Crippen molar-refractivity contribution in [3.63, 3.8) is 0 Å². The molecule has 4 heteroatoms. The van der Waals surface area contributed by atoms with Gasteiger partial charge in [-0.15, -0.1) is 5.10 Å². The Morgan fingerprint density at radius 2 is 2.28 bits per heavy atom. The van der Waals surface area contributed by atoms with Gasteiger partial charge in [-0.05, 0) is 24.0 Å². The van der Waals surface area contributed by atoms with Crippen molar-refractivity contribution < 1.29 is 0 Å². The highest BCUT2D eigenvalue weighted by Crippen LogP contribution is 2.35. The molecule has 3 rings (SSSR count). The van der Waals surface area contributed by atoms with Gasteiger partial charge in [-0.2, -0.15) is 0 Å². The summed E-state index contributed by atoms with van der Waals surface area (Å²) in [7, 11) is 0. The number of rotatable bonds is 4. The van der Waals surface area contributed by atoms with E-state index in [2.05, 4.69) is 41.5 Å². The predicted octanol–water partition coefficient (Wildman–Crippen LogP) is 2.03. The monoisotopic (exact) mass is 242 g/mol. The van der Waals surface area contributed by atoms with Crippen LogP contribution in [-0.2, 0) is 13.0 Å².